The molecule has 0 bridgehead atoms. The normalized spacial score (nSPS) is 33.9. The number of hydrogen-bond acceptors (Lipinski definition) is 6. The molecule has 6 atom stereocenters. The van der Waals surface area contributed by atoms with Crippen LogP contribution in [0.4, 0.5) is 0 Å². The van der Waals surface area contributed by atoms with Gasteiger partial charge < -0.3 is 20.0 Å². The van der Waals surface area contributed by atoms with Crippen molar-refractivity contribution >= 4 is 29.5 Å². The Kier molecular flexibility index (Phi) is 5.77. The third-order valence-corrected chi connectivity index (χ3v) is 9.36. The van der Waals surface area contributed by atoms with Crippen molar-refractivity contribution in [3.05, 3.63) is 46.5 Å². The van der Waals surface area contributed by atoms with E-state index in [2.05, 4.69) is 24.0 Å². The van der Waals surface area contributed by atoms with E-state index in [0.29, 0.717) is 17.2 Å². The summed E-state index contributed by atoms with van der Waals surface area (Å²) in [5, 5.41) is 19.9. The summed E-state index contributed by atoms with van der Waals surface area (Å²) < 4.78 is 0. The van der Waals surface area contributed by atoms with Crippen molar-refractivity contribution in [1.29, 1.82) is 0 Å². The van der Waals surface area contributed by atoms with Crippen LogP contribution in [-0.2, 0) is 20.0 Å². The van der Waals surface area contributed by atoms with E-state index in [-0.39, 0.29) is 35.5 Å². The third-order valence-electron chi connectivity index (χ3n) is 8.09. The van der Waals surface area contributed by atoms with E-state index in [9.17, 15) is 24.6 Å². The summed E-state index contributed by atoms with van der Waals surface area (Å²) in [6.45, 7) is 6.95. The molecule has 4 heterocycles. The molecule has 4 aliphatic rings. The van der Waals surface area contributed by atoms with Crippen LogP contribution >= 0.6 is 11.8 Å². The van der Waals surface area contributed by atoms with Gasteiger partial charge in [-0.25, -0.2) is 4.79 Å². The zero-order chi connectivity index (χ0) is 24.4. The maximum absolute atomic E-state index is 13.4. The van der Waals surface area contributed by atoms with Gasteiger partial charge in [-0.1, -0.05) is 37.3 Å². The van der Waals surface area contributed by atoms with Crippen LogP contribution in [0.1, 0.15) is 39.2 Å². The molecule has 34 heavy (non-hydrogen) atoms. The van der Waals surface area contributed by atoms with Crippen molar-refractivity contribution < 1.29 is 24.6 Å². The second-order valence-electron chi connectivity index (χ2n) is 9.85. The Morgan fingerprint density at radius 1 is 1.24 bits per heavy atom. The smallest absolute Gasteiger partial charge is 0.353 e. The number of aliphatic hydroxyl groups excluding tert-OH is 1. The minimum Gasteiger partial charge on any atom is -0.477 e. The van der Waals surface area contributed by atoms with Crippen molar-refractivity contribution in [2.24, 2.45) is 11.8 Å². The van der Waals surface area contributed by atoms with Crippen LogP contribution in [0.2, 0.25) is 0 Å². The van der Waals surface area contributed by atoms with Gasteiger partial charge in [0.05, 0.1) is 24.1 Å². The van der Waals surface area contributed by atoms with E-state index in [1.807, 2.05) is 30.0 Å². The van der Waals surface area contributed by atoms with Gasteiger partial charge in [-0.2, -0.15) is 0 Å². The van der Waals surface area contributed by atoms with Gasteiger partial charge >= 0.3 is 5.97 Å². The van der Waals surface area contributed by atoms with Crippen molar-refractivity contribution in [3.8, 4) is 0 Å². The van der Waals surface area contributed by atoms with Crippen LogP contribution in [0.5, 0.6) is 0 Å². The molecule has 0 aromatic heterocycles. The first-order chi connectivity index (χ1) is 16.2. The summed E-state index contributed by atoms with van der Waals surface area (Å²) in [5.74, 6) is -1.54. The number of aliphatic hydroxyl groups is 1. The number of benzene rings is 1. The van der Waals surface area contributed by atoms with Gasteiger partial charge in [0.25, 0.3) is 0 Å². The molecule has 5 rings (SSSR count). The quantitative estimate of drug-likeness (QED) is 0.570. The van der Waals surface area contributed by atoms with Crippen LogP contribution in [0.25, 0.3) is 0 Å². The standard InChI is InChI=1S/C25H31N3O5S/c1-14-19-18(15(2)29)23(31)28(19)20(24(32)33)21(14)34-13-12-27-22(30)17-10-7-11-26(17)25(27,3)16-8-5-4-6-9-16/h4-6,8-9,14-15,17-19,29H,7,10-13H2,1-3H3,(H,32,33)/t14-,15-,17?,18-,19-,25?/m1/s1. The molecule has 2 N–H and O–H groups in total. The fourth-order valence-corrected chi connectivity index (χ4v) is 7.68. The minimum absolute atomic E-state index is 0.0311. The molecule has 9 heteroatoms. The summed E-state index contributed by atoms with van der Waals surface area (Å²) in [5.41, 5.74) is 0.567. The summed E-state index contributed by atoms with van der Waals surface area (Å²) in [7, 11) is 0. The maximum atomic E-state index is 13.4. The highest BCUT2D eigenvalue weighted by molar-refractivity contribution is 8.03. The third kappa shape index (κ3) is 3.17. The Balaban J connectivity index is 1.37. The number of carbonyl (C=O) groups is 3. The fraction of sp³-hybridized carbons (Fsp3) is 0.560. The van der Waals surface area contributed by atoms with E-state index >= 15 is 0 Å². The molecule has 8 nitrogen and oxygen atoms in total. The first-order valence-corrected chi connectivity index (χ1v) is 12.9. The first kappa shape index (κ1) is 23.4. The van der Waals surface area contributed by atoms with E-state index in [0.717, 1.165) is 24.9 Å². The molecule has 0 saturated carbocycles. The van der Waals surface area contributed by atoms with Gasteiger partial charge in [0.15, 0.2) is 0 Å². The number of hydrogen-bond donors (Lipinski definition) is 2. The van der Waals surface area contributed by atoms with Gasteiger partial charge in [-0.15, -0.1) is 11.8 Å². The lowest BCUT2D eigenvalue weighted by Crippen LogP contribution is -2.63. The molecule has 1 aromatic carbocycles. The zero-order valence-corrected chi connectivity index (χ0v) is 20.5. The first-order valence-electron chi connectivity index (χ1n) is 11.9. The average molecular weight is 486 g/mol. The van der Waals surface area contributed by atoms with Crippen molar-refractivity contribution in [2.45, 2.75) is 57.5 Å². The number of carboxylic acids is 1. The van der Waals surface area contributed by atoms with Crippen LogP contribution in [0.3, 0.4) is 0 Å². The van der Waals surface area contributed by atoms with Gasteiger partial charge in [0.2, 0.25) is 11.8 Å². The van der Waals surface area contributed by atoms with Crippen molar-refractivity contribution in [2.75, 3.05) is 18.8 Å². The topological polar surface area (TPSA) is 101 Å². The van der Waals surface area contributed by atoms with Gasteiger partial charge in [-0.3, -0.25) is 14.5 Å². The molecule has 4 aliphatic heterocycles. The number of amides is 2. The van der Waals surface area contributed by atoms with E-state index in [4.69, 9.17) is 0 Å². The molecular weight excluding hydrogens is 454 g/mol. The van der Waals surface area contributed by atoms with E-state index in [1.165, 1.54) is 16.7 Å². The molecule has 0 spiro atoms. The van der Waals surface area contributed by atoms with E-state index < -0.39 is 23.7 Å². The predicted octanol–water partition coefficient (Wildman–Crippen LogP) is 2.05. The van der Waals surface area contributed by atoms with Gasteiger partial charge in [-0.05, 0) is 32.3 Å². The Hall–Kier alpha value is -2.36. The summed E-state index contributed by atoms with van der Waals surface area (Å²) in [6, 6.07) is 9.64. The number of rotatable bonds is 7. The summed E-state index contributed by atoms with van der Waals surface area (Å²) >= 11 is 1.42. The Labute approximate surface area is 203 Å². The molecule has 2 amide bonds. The van der Waals surface area contributed by atoms with Gasteiger partial charge in [0, 0.05) is 29.7 Å². The number of fused-ring (bicyclic) bond motifs is 2. The molecule has 182 valence electrons. The molecule has 3 saturated heterocycles. The molecular formula is C25H31N3O5S. The second kappa shape index (κ2) is 8.39. The molecule has 0 aliphatic carbocycles. The lowest BCUT2D eigenvalue weighted by molar-refractivity contribution is -0.163. The number of thioether (sulfide) groups is 1. The predicted molar refractivity (Wildman–Crippen MR) is 127 cm³/mol. The van der Waals surface area contributed by atoms with Crippen LogP contribution in [0, 0.1) is 11.8 Å². The largest absolute Gasteiger partial charge is 0.477 e. The molecule has 0 radical (unpaired) electrons. The highest BCUT2D eigenvalue weighted by Crippen LogP contribution is 2.51. The Bertz CT molecular complexity index is 1060. The van der Waals surface area contributed by atoms with Crippen LogP contribution in [0.15, 0.2) is 40.9 Å². The molecule has 2 unspecified atom stereocenters. The van der Waals surface area contributed by atoms with Crippen molar-refractivity contribution in [1.82, 2.24) is 14.7 Å². The Morgan fingerprint density at radius 2 is 1.94 bits per heavy atom. The Morgan fingerprint density at radius 3 is 2.59 bits per heavy atom. The highest BCUT2D eigenvalue weighted by Gasteiger charge is 2.60. The SMILES string of the molecule is C[C@@H](O)[C@H]1C(=O)N2C(C(=O)O)=C(SCCN3C(=O)C4CCCN4C3(C)c3ccccc3)[C@H](C)[C@H]12. The molecule has 1 aromatic rings. The lowest BCUT2D eigenvalue weighted by Gasteiger charge is -2.46. The number of β-lactam (4-membered cyclic amide) rings is 1. The highest BCUT2D eigenvalue weighted by atomic mass is 32.2. The van der Waals surface area contributed by atoms with Crippen molar-refractivity contribution in [3.63, 3.8) is 0 Å². The maximum Gasteiger partial charge on any atom is 0.353 e. The van der Waals surface area contributed by atoms with Gasteiger partial charge in [0.1, 0.15) is 11.4 Å². The summed E-state index contributed by atoms with van der Waals surface area (Å²) in [6.07, 6.45) is 1.04. The second-order valence-corrected chi connectivity index (χ2v) is 11.0. The number of aliphatic carboxylic acids is 1. The monoisotopic (exact) mass is 485 g/mol. The fourth-order valence-electron chi connectivity index (χ4n) is 6.46. The van der Waals surface area contributed by atoms with E-state index in [1.54, 1.807) is 6.92 Å². The van der Waals surface area contributed by atoms with Crippen LogP contribution in [-0.4, -0.2) is 79.7 Å². The minimum atomic E-state index is -1.12. The lowest BCUT2D eigenvalue weighted by atomic mass is 9.79. The number of carbonyl (C=O) groups excluding carboxylic acids is 2. The number of carboxylic acid groups (broad SMARTS) is 1. The summed E-state index contributed by atoms with van der Waals surface area (Å²) in [4.78, 5) is 44.3. The molecule has 3 fully saturated rings. The average Bonchev–Trinajstić information content (AvgIpc) is 3.43. The number of nitrogens with zero attached hydrogens (tertiary/aromatic N) is 3. The van der Waals surface area contributed by atoms with Crippen LogP contribution < -0.4 is 0 Å². The zero-order valence-electron chi connectivity index (χ0n) is 19.7.